The largest absolute Gasteiger partial charge is 0.484 e. The summed E-state index contributed by atoms with van der Waals surface area (Å²) in [6.07, 6.45) is -0.0823. The average Bonchev–Trinajstić information content (AvgIpc) is 2.69. The zero-order valence-electron chi connectivity index (χ0n) is 14.7. The maximum absolute atomic E-state index is 13.2. The molecule has 1 aliphatic heterocycles. The summed E-state index contributed by atoms with van der Waals surface area (Å²) in [5, 5.41) is 0. The number of ether oxygens (including phenoxy) is 2. The Hall–Kier alpha value is -2.93. The SMILES string of the molecule is C=O.C=O.CCOCC1CN(c2ccc(F)cc2)c2cc(N)ccc2O1. The van der Waals surface area contributed by atoms with Gasteiger partial charge in [0.05, 0.1) is 18.8 Å². The molecule has 3 rings (SSSR count). The molecule has 0 spiro atoms. The number of halogens is 1. The Morgan fingerprint density at radius 3 is 2.46 bits per heavy atom. The van der Waals surface area contributed by atoms with Crippen molar-refractivity contribution < 1.29 is 23.5 Å². The first-order valence-electron chi connectivity index (χ1n) is 7.92. The molecule has 0 saturated heterocycles. The molecule has 140 valence electrons. The van der Waals surface area contributed by atoms with Crippen molar-refractivity contribution in [2.75, 3.05) is 30.4 Å². The van der Waals surface area contributed by atoms with Crippen molar-refractivity contribution in [2.24, 2.45) is 0 Å². The normalized spacial score (nSPS) is 14.7. The number of anilines is 3. The van der Waals surface area contributed by atoms with Crippen LogP contribution in [0, 0.1) is 5.82 Å². The number of hydrogen-bond donors (Lipinski definition) is 1. The first-order chi connectivity index (χ1) is 12.7. The van der Waals surface area contributed by atoms with E-state index in [1.165, 1.54) is 12.1 Å². The summed E-state index contributed by atoms with van der Waals surface area (Å²) in [5.41, 5.74) is 8.35. The Labute approximate surface area is 152 Å². The average molecular weight is 362 g/mol. The van der Waals surface area contributed by atoms with Crippen molar-refractivity contribution in [1.29, 1.82) is 0 Å². The van der Waals surface area contributed by atoms with E-state index in [4.69, 9.17) is 24.8 Å². The molecule has 7 heteroatoms. The van der Waals surface area contributed by atoms with E-state index in [0.717, 1.165) is 17.1 Å². The quantitative estimate of drug-likeness (QED) is 0.842. The molecule has 0 aromatic heterocycles. The van der Waals surface area contributed by atoms with E-state index < -0.39 is 0 Å². The van der Waals surface area contributed by atoms with Crippen LogP contribution in [0.1, 0.15) is 6.92 Å². The van der Waals surface area contributed by atoms with E-state index in [-0.39, 0.29) is 11.9 Å². The summed E-state index contributed by atoms with van der Waals surface area (Å²) in [6, 6.07) is 12.0. The van der Waals surface area contributed by atoms with Crippen LogP contribution in [-0.2, 0) is 14.3 Å². The fraction of sp³-hybridized carbons (Fsp3) is 0.263. The lowest BCUT2D eigenvalue weighted by molar-refractivity contribution is -0.0987. The number of hydrogen-bond acceptors (Lipinski definition) is 6. The predicted molar refractivity (Wildman–Crippen MR) is 99.4 cm³/mol. The molecule has 2 aromatic carbocycles. The van der Waals surface area contributed by atoms with E-state index in [2.05, 4.69) is 4.90 Å². The molecule has 0 radical (unpaired) electrons. The van der Waals surface area contributed by atoms with Gasteiger partial charge in [-0.3, -0.25) is 0 Å². The molecule has 1 unspecified atom stereocenters. The van der Waals surface area contributed by atoms with Crippen molar-refractivity contribution >= 4 is 30.6 Å². The molecule has 0 fully saturated rings. The van der Waals surface area contributed by atoms with Gasteiger partial charge >= 0.3 is 0 Å². The van der Waals surface area contributed by atoms with E-state index in [9.17, 15) is 4.39 Å². The number of rotatable bonds is 4. The highest BCUT2D eigenvalue weighted by atomic mass is 19.1. The molecule has 2 N–H and O–H groups in total. The number of benzene rings is 2. The van der Waals surface area contributed by atoms with Gasteiger partial charge in [0.2, 0.25) is 0 Å². The standard InChI is InChI=1S/C17H19FN2O2.2CH2O/c1-2-21-11-15-10-20(14-6-3-12(18)4-7-14)16-9-13(19)5-8-17(16)22-15;2*1-2/h3-9,15H,2,10-11,19H2,1H3;2*1H2. The van der Waals surface area contributed by atoms with Gasteiger partial charge in [0.1, 0.15) is 31.2 Å². The Bertz CT molecular complexity index is 680. The van der Waals surface area contributed by atoms with E-state index in [1.807, 2.05) is 38.7 Å². The molecule has 0 bridgehead atoms. The zero-order chi connectivity index (χ0) is 19.5. The molecule has 1 aliphatic rings. The van der Waals surface area contributed by atoms with Crippen molar-refractivity contribution in [1.82, 2.24) is 0 Å². The highest BCUT2D eigenvalue weighted by molar-refractivity contribution is 5.73. The van der Waals surface area contributed by atoms with Crippen LogP contribution in [0.5, 0.6) is 5.75 Å². The van der Waals surface area contributed by atoms with Crippen molar-refractivity contribution in [3.8, 4) is 5.75 Å². The molecule has 1 atom stereocenters. The van der Waals surface area contributed by atoms with Crippen LogP contribution >= 0.6 is 0 Å². The summed E-state index contributed by atoms with van der Waals surface area (Å²) in [6.45, 7) is 7.74. The van der Waals surface area contributed by atoms with Crippen molar-refractivity contribution in [3.05, 3.63) is 48.3 Å². The van der Waals surface area contributed by atoms with Gasteiger partial charge in [0, 0.05) is 18.0 Å². The summed E-state index contributed by atoms with van der Waals surface area (Å²) >= 11 is 0. The van der Waals surface area contributed by atoms with E-state index in [1.54, 1.807) is 12.1 Å². The zero-order valence-corrected chi connectivity index (χ0v) is 14.7. The molecular weight excluding hydrogens is 339 g/mol. The Balaban J connectivity index is 0.000000791. The lowest BCUT2D eigenvalue weighted by Gasteiger charge is -2.36. The molecule has 0 aliphatic carbocycles. The second-order valence-electron chi connectivity index (χ2n) is 5.21. The van der Waals surface area contributed by atoms with Crippen molar-refractivity contribution in [2.45, 2.75) is 13.0 Å². The minimum absolute atomic E-state index is 0.0823. The third kappa shape index (κ3) is 5.29. The van der Waals surface area contributed by atoms with Gasteiger partial charge in [-0.2, -0.15) is 0 Å². The number of carbonyl (C=O) groups is 2. The van der Waals surface area contributed by atoms with Crippen LogP contribution in [0.2, 0.25) is 0 Å². The Kier molecular flexibility index (Phi) is 8.80. The van der Waals surface area contributed by atoms with E-state index >= 15 is 0 Å². The maximum Gasteiger partial charge on any atom is 0.143 e. The van der Waals surface area contributed by atoms with Gasteiger partial charge in [-0.15, -0.1) is 0 Å². The predicted octanol–water partition coefficient (Wildman–Crippen LogP) is 2.97. The number of nitrogen functional groups attached to an aromatic ring is 1. The third-order valence-electron chi connectivity index (χ3n) is 3.60. The summed E-state index contributed by atoms with van der Waals surface area (Å²) in [7, 11) is 0. The highest BCUT2D eigenvalue weighted by Gasteiger charge is 2.27. The van der Waals surface area contributed by atoms with Crippen LogP contribution < -0.4 is 15.4 Å². The van der Waals surface area contributed by atoms with Gasteiger partial charge in [-0.05, 0) is 49.4 Å². The van der Waals surface area contributed by atoms with Gasteiger partial charge in [0.15, 0.2) is 0 Å². The number of carbonyl (C=O) groups excluding carboxylic acids is 2. The molecule has 26 heavy (non-hydrogen) atoms. The molecule has 1 heterocycles. The topological polar surface area (TPSA) is 81.9 Å². The second-order valence-corrected chi connectivity index (χ2v) is 5.21. The van der Waals surface area contributed by atoms with Crippen molar-refractivity contribution in [3.63, 3.8) is 0 Å². The van der Waals surface area contributed by atoms with Crippen LogP contribution in [0.4, 0.5) is 21.5 Å². The molecule has 2 aromatic rings. The van der Waals surface area contributed by atoms with Gasteiger partial charge in [-0.1, -0.05) is 0 Å². The fourth-order valence-corrected chi connectivity index (χ4v) is 2.57. The number of fused-ring (bicyclic) bond motifs is 1. The first kappa shape index (κ1) is 21.1. The second kappa shape index (κ2) is 10.8. The Morgan fingerprint density at radius 1 is 1.19 bits per heavy atom. The molecule has 0 amide bonds. The number of nitrogens with two attached hydrogens (primary N) is 1. The van der Waals surface area contributed by atoms with Gasteiger partial charge < -0.3 is 29.7 Å². The lowest BCUT2D eigenvalue weighted by atomic mass is 10.1. The maximum atomic E-state index is 13.2. The summed E-state index contributed by atoms with van der Waals surface area (Å²) < 4.78 is 24.6. The van der Waals surface area contributed by atoms with Gasteiger partial charge in [0.25, 0.3) is 0 Å². The third-order valence-corrected chi connectivity index (χ3v) is 3.60. The molecular formula is C19H23FN2O4. The van der Waals surface area contributed by atoms with Crippen LogP contribution in [0.3, 0.4) is 0 Å². The van der Waals surface area contributed by atoms with E-state index in [0.29, 0.717) is 25.4 Å². The van der Waals surface area contributed by atoms with Gasteiger partial charge in [-0.25, -0.2) is 4.39 Å². The molecule has 0 saturated carbocycles. The summed E-state index contributed by atoms with van der Waals surface area (Å²) in [5.74, 6) is 0.505. The van der Waals surface area contributed by atoms with Crippen LogP contribution in [-0.4, -0.2) is 39.4 Å². The van der Waals surface area contributed by atoms with Crippen LogP contribution in [0.15, 0.2) is 42.5 Å². The number of nitrogens with zero attached hydrogens (tertiary/aromatic N) is 1. The molecule has 6 nitrogen and oxygen atoms in total. The fourth-order valence-electron chi connectivity index (χ4n) is 2.57. The smallest absolute Gasteiger partial charge is 0.143 e. The monoisotopic (exact) mass is 362 g/mol. The first-order valence-corrected chi connectivity index (χ1v) is 7.92. The van der Waals surface area contributed by atoms with Crippen LogP contribution in [0.25, 0.3) is 0 Å². The lowest BCUT2D eigenvalue weighted by Crippen LogP contribution is -2.40. The minimum Gasteiger partial charge on any atom is -0.484 e. The summed E-state index contributed by atoms with van der Waals surface area (Å²) in [4.78, 5) is 18.1. The highest BCUT2D eigenvalue weighted by Crippen LogP contribution is 2.39. The minimum atomic E-state index is -0.254. The Morgan fingerprint density at radius 2 is 1.85 bits per heavy atom.